The van der Waals surface area contributed by atoms with Gasteiger partial charge in [-0.2, -0.15) is 0 Å². The lowest BCUT2D eigenvalue weighted by Crippen LogP contribution is -2.68. The predicted octanol–water partition coefficient (Wildman–Crippen LogP) is 0.0460. The molecule has 2 heterocycles. The van der Waals surface area contributed by atoms with Crippen LogP contribution >= 0.6 is 0 Å². The third-order valence-corrected chi connectivity index (χ3v) is 15.9. The number of rotatable bonds is 14. The molecule has 0 aromatic rings. The Kier molecular flexibility index (Phi) is 14.0. The van der Waals surface area contributed by atoms with Crippen LogP contribution in [-0.2, 0) is 23.7 Å². The summed E-state index contributed by atoms with van der Waals surface area (Å²) in [6.07, 6.45) is -8.99. The summed E-state index contributed by atoms with van der Waals surface area (Å²) < 4.78 is 28.9. The van der Waals surface area contributed by atoms with Crippen LogP contribution in [0.15, 0.2) is 0 Å². The van der Waals surface area contributed by atoms with Gasteiger partial charge in [0.05, 0.1) is 49.8 Å². The lowest BCUT2D eigenvalue weighted by atomic mass is 9.42. The molecule has 6 fully saturated rings. The maximum atomic E-state index is 12.7. The van der Waals surface area contributed by atoms with Gasteiger partial charge in [-0.25, -0.2) is 0 Å². The van der Waals surface area contributed by atoms with Crippen molar-refractivity contribution in [2.24, 2.45) is 52.3 Å². The molecule has 0 aromatic carbocycles. The highest BCUT2D eigenvalue weighted by molar-refractivity contribution is 5.21. The van der Waals surface area contributed by atoms with E-state index in [1.165, 1.54) is 7.11 Å². The topological polar surface area (TPSA) is 248 Å². The van der Waals surface area contributed by atoms with E-state index in [1.807, 2.05) is 0 Å². The molecule has 15 heteroatoms. The van der Waals surface area contributed by atoms with Crippen molar-refractivity contribution < 1.29 is 74.7 Å². The fraction of sp³-hybridized carbons (Fsp3) is 1.00. The van der Waals surface area contributed by atoms with Gasteiger partial charge in [0.25, 0.3) is 0 Å². The Labute approximate surface area is 331 Å². The fourth-order valence-electron chi connectivity index (χ4n) is 13.0. The van der Waals surface area contributed by atoms with Crippen molar-refractivity contribution in [1.82, 2.24) is 0 Å². The SMILES string of the molecule is CO[C@H]1[C@H](O[C@@H]2C(OCC[C@@H](CC[C@@H](C)[C@H]3[C@@H](O)[C@H](O)C4[C@]5(O)C[C@@H](O)[C@H]6C[C@@H](O)CC[C@]6(C)C5CC[C@@]43C)C(C)C)O[C@H]([C@@H](O)CO)[C@H]2O)OC[C@@H](O)[C@@H]1O. The lowest BCUT2D eigenvalue weighted by Gasteiger charge is -2.65. The molecule has 0 aromatic heterocycles. The first kappa shape index (κ1) is 44.9. The Hall–Kier alpha value is -0.600. The van der Waals surface area contributed by atoms with Gasteiger partial charge < -0.3 is 74.7 Å². The molecule has 56 heavy (non-hydrogen) atoms. The Bertz CT molecular complexity index is 1290. The molecule has 0 amide bonds. The number of ether oxygens (including phenoxy) is 5. The zero-order valence-electron chi connectivity index (χ0n) is 34.0. The van der Waals surface area contributed by atoms with E-state index in [0.717, 1.165) is 25.7 Å². The Balaban J connectivity index is 1.10. The number of hydrogen-bond donors (Lipinski definition) is 10. The molecule has 6 aliphatic rings. The zero-order valence-corrected chi connectivity index (χ0v) is 34.0. The summed E-state index contributed by atoms with van der Waals surface area (Å²) in [5, 5.41) is 110. The summed E-state index contributed by atoms with van der Waals surface area (Å²) in [6, 6.07) is 0. The normalized spacial score (nSPS) is 50.9. The highest BCUT2D eigenvalue weighted by Crippen LogP contribution is 2.70. The molecule has 4 aliphatic carbocycles. The molecule has 0 bridgehead atoms. The second kappa shape index (κ2) is 17.4. The summed E-state index contributed by atoms with van der Waals surface area (Å²) >= 11 is 0. The van der Waals surface area contributed by atoms with Crippen LogP contribution in [0.1, 0.15) is 92.4 Å². The van der Waals surface area contributed by atoms with Crippen molar-refractivity contribution in [2.75, 3.05) is 26.9 Å². The van der Waals surface area contributed by atoms with Crippen LogP contribution in [0.5, 0.6) is 0 Å². The molecule has 326 valence electrons. The lowest BCUT2D eigenvalue weighted by molar-refractivity contribution is -0.307. The number of aliphatic hydroxyl groups is 10. The Morgan fingerprint density at radius 2 is 1.50 bits per heavy atom. The third-order valence-electron chi connectivity index (χ3n) is 15.9. The van der Waals surface area contributed by atoms with E-state index in [-0.39, 0.29) is 60.6 Å². The first-order valence-corrected chi connectivity index (χ1v) is 21.2. The van der Waals surface area contributed by atoms with Gasteiger partial charge in [-0.3, -0.25) is 0 Å². The van der Waals surface area contributed by atoms with Gasteiger partial charge in [0.2, 0.25) is 0 Å². The van der Waals surface area contributed by atoms with E-state index in [0.29, 0.717) is 25.7 Å². The molecule has 15 nitrogen and oxygen atoms in total. The van der Waals surface area contributed by atoms with Gasteiger partial charge in [0.15, 0.2) is 12.6 Å². The quantitative estimate of drug-likeness (QED) is 0.111. The van der Waals surface area contributed by atoms with Gasteiger partial charge in [0.1, 0.15) is 42.7 Å². The Morgan fingerprint density at radius 1 is 0.804 bits per heavy atom. The van der Waals surface area contributed by atoms with Crippen LogP contribution in [0.3, 0.4) is 0 Å². The minimum absolute atomic E-state index is 0.00329. The number of aliphatic hydroxyl groups excluding tert-OH is 9. The minimum atomic E-state index is -1.42. The maximum Gasteiger partial charge on any atom is 0.187 e. The zero-order chi connectivity index (χ0) is 41.1. The average Bonchev–Trinajstić information content (AvgIpc) is 3.56. The molecule has 0 spiro atoms. The molecule has 3 unspecified atom stereocenters. The van der Waals surface area contributed by atoms with Crippen molar-refractivity contribution in [3.8, 4) is 0 Å². The molecule has 4 saturated carbocycles. The van der Waals surface area contributed by atoms with Gasteiger partial charge >= 0.3 is 0 Å². The van der Waals surface area contributed by atoms with Gasteiger partial charge in [-0.15, -0.1) is 0 Å². The highest BCUT2D eigenvalue weighted by atomic mass is 16.8. The average molecular weight is 805 g/mol. The van der Waals surface area contributed by atoms with Crippen LogP contribution < -0.4 is 0 Å². The molecule has 2 saturated heterocycles. The summed E-state index contributed by atoms with van der Waals surface area (Å²) in [5.41, 5.74) is -2.27. The van der Waals surface area contributed by atoms with E-state index in [2.05, 4.69) is 34.6 Å². The molecular formula is C41H72O15. The Morgan fingerprint density at radius 3 is 2.16 bits per heavy atom. The monoisotopic (exact) mass is 804 g/mol. The van der Waals surface area contributed by atoms with E-state index in [4.69, 9.17) is 23.7 Å². The van der Waals surface area contributed by atoms with Crippen molar-refractivity contribution >= 4 is 0 Å². The van der Waals surface area contributed by atoms with Crippen molar-refractivity contribution in [3.63, 3.8) is 0 Å². The molecule has 2 aliphatic heterocycles. The molecular weight excluding hydrogens is 732 g/mol. The smallest absolute Gasteiger partial charge is 0.187 e. The molecule has 22 atom stereocenters. The molecule has 10 N–H and O–H groups in total. The molecule has 6 rings (SSSR count). The van der Waals surface area contributed by atoms with Crippen LogP contribution in [0.4, 0.5) is 0 Å². The second-order valence-electron chi connectivity index (χ2n) is 19.4. The van der Waals surface area contributed by atoms with Crippen LogP contribution in [0.2, 0.25) is 0 Å². The summed E-state index contributed by atoms with van der Waals surface area (Å²) in [7, 11) is 1.33. The van der Waals surface area contributed by atoms with Gasteiger partial charge in [-0.05, 0) is 91.3 Å². The second-order valence-corrected chi connectivity index (χ2v) is 19.4. The van der Waals surface area contributed by atoms with E-state index < -0.39 is 103 Å². The fourth-order valence-corrected chi connectivity index (χ4v) is 13.0. The van der Waals surface area contributed by atoms with Gasteiger partial charge in [-0.1, -0.05) is 41.0 Å². The number of hydrogen-bond acceptors (Lipinski definition) is 15. The highest BCUT2D eigenvalue weighted by Gasteiger charge is 2.72. The first-order chi connectivity index (χ1) is 26.3. The van der Waals surface area contributed by atoms with E-state index in [9.17, 15) is 51.1 Å². The maximum absolute atomic E-state index is 12.7. The number of methoxy groups -OCH3 is 1. The van der Waals surface area contributed by atoms with Crippen LogP contribution in [0.25, 0.3) is 0 Å². The third kappa shape index (κ3) is 7.88. The molecule has 0 radical (unpaired) electrons. The predicted molar refractivity (Wildman–Crippen MR) is 199 cm³/mol. The standard InChI is InChI=1S/C41H72O15/c1-19(2)21(11-14-53-38-35(32(50)33(55-38)25(45)17-42)56-37-34(52-6)29(47)26(46)18-54-37)8-7-20(3)28-30(48)31(49)36-40(28,5)13-10-27-39(4)12-9-22(43)15-23(39)24(44)16-41(27,36)51/h19-38,42-51H,7-18H2,1-6H3/t20-,21-,22+,23-,24-,25+,26-,27?,28+,29+,30-,31+,32-,33-,34-,35+,36?,37+,38?,39+,40-,41+/m1/s1. The van der Waals surface area contributed by atoms with E-state index >= 15 is 0 Å². The largest absolute Gasteiger partial charge is 0.394 e. The minimum Gasteiger partial charge on any atom is -0.394 e. The van der Waals surface area contributed by atoms with Gasteiger partial charge in [0, 0.05) is 19.4 Å². The number of fused-ring (bicyclic) bond motifs is 5. The summed E-state index contributed by atoms with van der Waals surface area (Å²) in [4.78, 5) is 0. The first-order valence-electron chi connectivity index (χ1n) is 21.2. The van der Waals surface area contributed by atoms with E-state index in [1.54, 1.807) is 0 Å². The van der Waals surface area contributed by atoms with Crippen molar-refractivity contribution in [3.05, 3.63) is 0 Å². The van der Waals surface area contributed by atoms with Crippen LogP contribution in [-0.4, -0.2) is 163 Å². The van der Waals surface area contributed by atoms with Crippen molar-refractivity contribution in [2.45, 2.75) is 178 Å². The van der Waals surface area contributed by atoms with Crippen molar-refractivity contribution in [1.29, 1.82) is 0 Å². The summed E-state index contributed by atoms with van der Waals surface area (Å²) in [5.74, 6) is -0.698. The van der Waals surface area contributed by atoms with Crippen LogP contribution in [0, 0.1) is 52.3 Å². The summed E-state index contributed by atoms with van der Waals surface area (Å²) in [6.45, 7) is 9.93.